The fraction of sp³-hybridized carbons (Fsp3) is 0.240. The molecule has 1 N–H and O–H groups in total. The van der Waals surface area contributed by atoms with Crippen molar-refractivity contribution in [2.45, 2.75) is 25.7 Å². The molecule has 1 aliphatic heterocycles. The third-order valence-corrected chi connectivity index (χ3v) is 6.51. The van der Waals surface area contributed by atoms with Gasteiger partial charge < -0.3 is 14.4 Å². The van der Waals surface area contributed by atoms with Crippen LogP contribution in [-0.2, 0) is 10.0 Å². The van der Waals surface area contributed by atoms with Crippen LogP contribution in [-0.4, -0.2) is 27.5 Å². The Morgan fingerprint density at radius 3 is 2.42 bits per heavy atom. The van der Waals surface area contributed by atoms with E-state index in [2.05, 4.69) is 4.72 Å². The van der Waals surface area contributed by atoms with Crippen molar-refractivity contribution < 1.29 is 22.7 Å². The summed E-state index contributed by atoms with van der Waals surface area (Å²) in [7, 11) is -3.86. The van der Waals surface area contributed by atoms with E-state index in [9.17, 15) is 13.2 Å². The minimum absolute atomic E-state index is 0.0968. The molecule has 0 spiro atoms. The lowest BCUT2D eigenvalue weighted by molar-refractivity contribution is 0.0988. The first-order valence-corrected chi connectivity index (χ1v) is 12.3. The van der Waals surface area contributed by atoms with Crippen LogP contribution in [0.25, 0.3) is 0 Å². The molecular weight excluding hydrogens is 440 g/mol. The van der Waals surface area contributed by atoms with Crippen LogP contribution in [0.15, 0.2) is 71.6 Å². The zero-order chi connectivity index (χ0) is 23.6. The molecule has 1 heterocycles. The number of nitrogens with zero attached hydrogens (tertiary/aromatic N) is 1. The van der Waals surface area contributed by atoms with Gasteiger partial charge in [0, 0.05) is 12.2 Å². The van der Waals surface area contributed by atoms with E-state index in [0.29, 0.717) is 42.0 Å². The Morgan fingerprint density at radius 1 is 1.00 bits per heavy atom. The SMILES string of the molecule is CCN1C(=O)c2cc(NS(=O)(=O)c3ccc(OCC(C)C)cc3)ccc2Oc2ccccc21. The lowest BCUT2D eigenvalue weighted by Gasteiger charge is -2.20. The Kier molecular flexibility index (Phi) is 6.29. The maximum absolute atomic E-state index is 13.2. The second-order valence-electron chi connectivity index (χ2n) is 8.11. The molecule has 0 fully saturated rings. The minimum atomic E-state index is -3.86. The second kappa shape index (κ2) is 9.15. The molecule has 0 saturated heterocycles. The maximum atomic E-state index is 13.2. The van der Waals surface area contributed by atoms with Gasteiger partial charge in [-0.05, 0) is 67.4 Å². The number of carbonyl (C=O) groups excluding carboxylic acids is 1. The number of carbonyl (C=O) groups is 1. The number of hydrogen-bond acceptors (Lipinski definition) is 5. The van der Waals surface area contributed by atoms with Crippen LogP contribution in [0.4, 0.5) is 11.4 Å². The first-order chi connectivity index (χ1) is 15.8. The van der Waals surface area contributed by atoms with Crippen molar-refractivity contribution in [3.05, 3.63) is 72.3 Å². The lowest BCUT2D eigenvalue weighted by Crippen LogP contribution is -2.29. The third-order valence-electron chi connectivity index (χ3n) is 5.12. The molecule has 1 aliphatic rings. The van der Waals surface area contributed by atoms with Crippen molar-refractivity contribution >= 4 is 27.3 Å². The minimum Gasteiger partial charge on any atom is -0.493 e. The number of amides is 1. The highest BCUT2D eigenvalue weighted by atomic mass is 32.2. The third kappa shape index (κ3) is 4.80. The Balaban J connectivity index is 1.59. The molecule has 0 atom stereocenters. The molecule has 0 radical (unpaired) electrons. The van der Waals surface area contributed by atoms with Crippen LogP contribution in [0.1, 0.15) is 31.1 Å². The number of ether oxygens (including phenoxy) is 2. The smallest absolute Gasteiger partial charge is 0.262 e. The van der Waals surface area contributed by atoms with Crippen molar-refractivity contribution in [2.75, 3.05) is 22.8 Å². The number of fused-ring (bicyclic) bond motifs is 2. The quantitative estimate of drug-likeness (QED) is 0.511. The predicted octanol–water partition coefficient (Wildman–Crippen LogP) is 5.29. The van der Waals surface area contributed by atoms with Crippen LogP contribution in [0.5, 0.6) is 17.2 Å². The van der Waals surface area contributed by atoms with E-state index in [0.717, 1.165) is 0 Å². The topological polar surface area (TPSA) is 84.9 Å². The molecule has 4 rings (SSSR count). The van der Waals surface area contributed by atoms with Crippen molar-refractivity contribution in [3.8, 4) is 17.2 Å². The highest BCUT2D eigenvalue weighted by Gasteiger charge is 2.28. The van der Waals surface area contributed by atoms with E-state index in [1.54, 1.807) is 35.2 Å². The van der Waals surface area contributed by atoms with Gasteiger partial charge in [-0.25, -0.2) is 8.42 Å². The largest absolute Gasteiger partial charge is 0.493 e. The molecular formula is C25H26N2O5S. The number of sulfonamides is 1. The zero-order valence-corrected chi connectivity index (χ0v) is 19.6. The molecule has 7 nitrogen and oxygen atoms in total. The fourth-order valence-electron chi connectivity index (χ4n) is 3.50. The van der Waals surface area contributed by atoms with Gasteiger partial charge in [-0.15, -0.1) is 0 Å². The van der Waals surface area contributed by atoms with Crippen LogP contribution in [0.2, 0.25) is 0 Å². The Hall–Kier alpha value is -3.52. The highest BCUT2D eigenvalue weighted by molar-refractivity contribution is 7.92. The second-order valence-corrected chi connectivity index (χ2v) is 9.79. The number of benzene rings is 3. The van der Waals surface area contributed by atoms with E-state index >= 15 is 0 Å². The molecule has 0 bridgehead atoms. The summed E-state index contributed by atoms with van der Waals surface area (Å²) in [6.45, 7) is 6.95. The average Bonchev–Trinajstić information content (AvgIpc) is 2.91. The summed E-state index contributed by atoms with van der Waals surface area (Å²) in [5.41, 5.74) is 1.22. The summed E-state index contributed by atoms with van der Waals surface area (Å²) in [6.07, 6.45) is 0. The Morgan fingerprint density at radius 2 is 1.73 bits per heavy atom. The standard InChI is InChI=1S/C25H26N2O5S/c1-4-27-22-7-5-6-8-24(22)32-23-14-9-18(15-21(23)25(27)28)26-33(29,30)20-12-10-19(11-13-20)31-16-17(2)3/h5-15,17,26H,4,16H2,1-3H3. The summed E-state index contributed by atoms with van der Waals surface area (Å²) in [5, 5.41) is 0. The molecule has 172 valence electrons. The first kappa shape index (κ1) is 22.7. The number of para-hydroxylation sites is 2. The van der Waals surface area contributed by atoms with Gasteiger partial charge in [0.2, 0.25) is 0 Å². The van der Waals surface area contributed by atoms with Crippen molar-refractivity contribution in [3.63, 3.8) is 0 Å². The summed E-state index contributed by atoms with van der Waals surface area (Å²) < 4.78 is 40.0. The summed E-state index contributed by atoms with van der Waals surface area (Å²) >= 11 is 0. The van der Waals surface area contributed by atoms with Gasteiger partial charge in [0.1, 0.15) is 11.5 Å². The Labute approximate surface area is 194 Å². The van der Waals surface area contributed by atoms with Crippen molar-refractivity contribution in [2.24, 2.45) is 5.92 Å². The molecule has 8 heteroatoms. The molecule has 1 amide bonds. The zero-order valence-electron chi connectivity index (χ0n) is 18.7. The fourth-order valence-corrected chi connectivity index (χ4v) is 4.54. The van der Waals surface area contributed by atoms with Crippen molar-refractivity contribution in [1.82, 2.24) is 0 Å². The van der Waals surface area contributed by atoms with Gasteiger partial charge in [0.25, 0.3) is 15.9 Å². The number of nitrogens with one attached hydrogen (secondary N) is 1. The Bertz CT molecular complexity index is 1270. The summed E-state index contributed by atoms with van der Waals surface area (Å²) in [5.74, 6) is 1.66. The van der Waals surface area contributed by atoms with Gasteiger partial charge in [-0.1, -0.05) is 26.0 Å². The number of rotatable bonds is 7. The van der Waals surface area contributed by atoms with Gasteiger partial charge in [-0.3, -0.25) is 9.52 Å². The number of anilines is 2. The van der Waals surface area contributed by atoms with Crippen LogP contribution in [0.3, 0.4) is 0 Å². The van der Waals surface area contributed by atoms with Crippen LogP contribution >= 0.6 is 0 Å². The van der Waals surface area contributed by atoms with E-state index in [4.69, 9.17) is 9.47 Å². The predicted molar refractivity (Wildman–Crippen MR) is 128 cm³/mol. The van der Waals surface area contributed by atoms with E-state index in [1.807, 2.05) is 39.0 Å². The van der Waals surface area contributed by atoms with Crippen LogP contribution in [0, 0.1) is 5.92 Å². The van der Waals surface area contributed by atoms with E-state index < -0.39 is 10.0 Å². The molecule has 0 unspecified atom stereocenters. The van der Waals surface area contributed by atoms with Gasteiger partial charge in [0.15, 0.2) is 5.75 Å². The van der Waals surface area contributed by atoms with Crippen molar-refractivity contribution in [1.29, 1.82) is 0 Å². The molecule has 0 aromatic heterocycles. The monoisotopic (exact) mass is 466 g/mol. The normalized spacial score (nSPS) is 13.1. The lowest BCUT2D eigenvalue weighted by atomic mass is 10.1. The van der Waals surface area contributed by atoms with Crippen LogP contribution < -0.4 is 19.1 Å². The maximum Gasteiger partial charge on any atom is 0.262 e. The number of hydrogen-bond donors (Lipinski definition) is 1. The molecule has 3 aromatic rings. The summed E-state index contributed by atoms with van der Waals surface area (Å²) in [6, 6.07) is 18.2. The van der Waals surface area contributed by atoms with E-state index in [1.165, 1.54) is 18.2 Å². The summed E-state index contributed by atoms with van der Waals surface area (Å²) in [4.78, 5) is 14.9. The van der Waals surface area contributed by atoms with Gasteiger partial charge in [-0.2, -0.15) is 0 Å². The molecule has 3 aromatic carbocycles. The van der Waals surface area contributed by atoms with Gasteiger partial charge in [0.05, 0.1) is 22.8 Å². The average molecular weight is 467 g/mol. The molecule has 0 aliphatic carbocycles. The first-order valence-electron chi connectivity index (χ1n) is 10.8. The van der Waals surface area contributed by atoms with Gasteiger partial charge >= 0.3 is 0 Å². The highest BCUT2D eigenvalue weighted by Crippen LogP contribution is 2.39. The molecule has 33 heavy (non-hydrogen) atoms. The van der Waals surface area contributed by atoms with E-state index in [-0.39, 0.29) is 22.1 Å². The molecule has 0 saturated carbocycles.